The Kier molecular flexibility index (Phi) is 5.30. The summed E-state index contributed by atoms with van der Waals surface area (Å²) in [6, 6.07) is 12.7. The van der Waals surface area contributed by atoms with Crippen LogP contribution in [0.2, 0.25) is 0 Å². The van der Waals surface area contributed by atoms with Crippen molar-refractivity contribution in [3.05, 3.63) is 59.6 Å². The minimum atomic E-state index is -0.452. The number of aromatic nitrogens is 3. The molecule has 1 N–H and O–H groups in total. The maximum absolute atomic E-state index is 12.9. The Balaban J connectivity index is 1.51. The molecule has 0 radical (unpaired) electrons. The van der Waals surface area contributed by atoms with Crippen LogP contribution < -0.4 is 15.0 Å². The van der Waals surface area contributed by atoms with E-state index in [0.717, 1.165) is 10.2 Å². The van der Waals surface area contributed by atoms with Gasteiger partial charge in [-0.25, -0.2) is 9.67 Å². The average Bonchev–Trinajstić information content (AvgIpc) is 3.38. The van der Waals surface area contributed by atoms with Crippen LogP contribution in [0.3, 0.4) is 0 Å². The number of nitrogens with zero attached hydrogens (tertiary/aromatic N) is 4. The van der Waals surface area contributed by atoms with Gasteiger partial charge < -0.3 is 15.0 Å². The lowest BCUT2D eigenvalue weighted by molar-refractivity contribution is -0.122. The van der Waals surface area contributed by atoms with Crippen LogP contribution in [-0.4, -0.2) is 40.2 Å². The molecule has 1 aromatic heterocycles. The molecule has 1 saturated heterocycles. The third-order valence-electron chi connectivity index (χ3n) is 4.76. The number of carbonyl (C=O) groups is 2. The summed E-state index contributed by atoms with van der Waals surface area (Å²) in [5.74, 6) is -0.0351. The van der Waals surface area contributed by atoms with Gasteiger partial charge in [-0.2, -0.15) is 5.10 Å². The molecular formula is C20H18BrN5O3. The van der Waals surface area contributed by atoms with E-state index in [2.05, 4.69) is 31.3 Å². The summed E-state index contributed by atoms with van der Waals surface area (Å²) in [6.07, 6.45) is 3.14. The zero-order valence-corrected chi connectivity index (χ0v) is 17.2. The van der Waals surface area contributed by atoms with Crippen molar-refractivity contribution in [2.75, 3.05) is 23.9 Å². The van der Waals surface area contributed by atoms with Crippen LogP contribution in [0.25, 0.3) is 5.69 Å². The fourth-order valence-corrected chi connectivity index (χ4v) is 3.63. The molecule has 9 heteroatoms. The first kappa shape index (κ1) is 19.1. The van der Waals surface area contributed by atoms with Crippen LogP contribution >= 0.6 is 15.9 Å². The number of anilines is 2. The lowest BCUT2D eigenvalue weighted by atomic mass is 10.1. The number of halogens is 1. The van der Waals surface area contributed by atoms with Gasteiger partial charge in [-0.15, -0.1) is 0 Å². The van der Waals surface area contributed by atoms with Gasteiger partial charge in [0.25, 0.3) is 0 Å². The lowest BCUT2D eigenvalue weighted by Crippen LogP contribution is -2.28. The molecule has 2 aromatic carbocycles. The van der Waals surface area contributed by atoms with E-state index < -0.39 is 5.92 Å². The second-order valence-corrected chi connectivity index (χ2v) is 7.51. The highest BCUT2D eigenvalue weighted by Gasteiger charge is 2.35. The first-order chi connectivity index (χ1) is 14.0. The molecule has 0 saturated carbocycles. The Hall–Kier alpha value is -3.20. The predicted molar refractivity (Wildman–Crippen MR) is 111 cm³/mol. The molecule has 29 heavy (non-hydrogen) atoms. The lowest BCUT2D eigenvalue weighted by Gasteiger charge is -2.17. The fourth-order valence-electron chi connectivity index (χ4n) is 3.27. The van der Waals surface area contributed by atoms with Crippen molar-refractivity contribution in [3.8, 4) is 11.4 Å². The summed E-state index contributed by atoms with van der Waals surface area (Å²) >= 11 is 3.43. The third kappa shape index (κ3) is 4.00. The average molecular weight is 456 g/mol. The molecule has 1 aliphatic heterocycles. The van der Waals surface area contributed by atoms with Gasteiger partial charge >= 0.3 is 0 Å². The van der Waals surface area contributed by atoms with Crippen LogP contribution in [0.4, 0.5) is 11.4 Å². The fraction of sp³-hybridized carbons (Fsp3) is 0.200. The number of amides is 2. The smallest absolute Gasteiger partial charge is 0.229 e. The Labute approximate surface area is 175 Å². The van der Waals surface area contributed by atoms with Crippen molar-refractivity contribution in [2.24, 2.45) is 5.92 Å². The molecule has 1 atom stereocenters. The van der Waals surface area contributed by atoms with E-state index in [4.69, 9.17) is 4.74 Å². The van der Waals surface area contributed by atoms with Crippen LogP contribution in [0, 0.1) is 5.92 Å². The summed E-state index contributed by atoms with van der Waals surface area (Å²) in [4.78, 5) is 31.0. The summed E-state index contributed by atoms with van der Waals surface area (Å²) in [5.41, 5.74) is 2.03. The van der Waals surface area contributed by atoms with Crippen molar-refractivity contribution >= 4 is 39.1 Å². The number of nitrogens with one attached hydrogen (secondary N) is 1. The molecule has 2 heterocycles. The van der Waals surface area contributed by atoms with Crippen molar-refractivity contribution < 1.29 is 14.3 Å². The monoisotopic (exact) mass is 455 g/mol. The molecule has 3 aromatic rings. The standard InChI is InChI=1S/C20H18BrN5O3/c1-29-16-5-3-15(4-6-16)25-10-13(8-19(25)27)20(28)24-17-9-14(21)2-7-18(17)26-12-22-11-23-26/h2-7,9,11-13H,8,10H2,1H3,(H,24,28). The first-order valence-corrected chi connectivity index (χ1v) is 9.74. The SMILES string of the molecule is COc1ccc(N2CC(C(=O)Nc3cc(Br)ccc3-n3cncn3)CC2=O)cc1. The molecule has 1 unspecified atom stereocenters. The van der Waals surface area contributed by atoms with E-state index in [-0.39, 0.29) is 18.2 Å². The zero-order valence-electron chi connectivity index (χ0n) is 15.6. The predicted octanol–water partition coefficient (Wildman–Crippen LogP) is 3.03. The van der Waals surface area contributed by atoms with Crippen LogP contribution in [-0.2, 0) is 9.59 Å². The molecule has 0 bridgehead atoms. The van der Waals surface area contributed by atoms with Crippen LogP contribution in [0.15, 0.2) is 59.6 Å². The van der Waals surface area contributed by atoms with Gasteiger partial charge in [0.2, 0.25) is 11.8 Å². The number of hydrogen-bond acceptors (Lipinski definition) is 5. The highest BCUT2D eigenvalue weighted by Crippen LogP contribution is 2.29. The summed E-state index contributed by atoms with van der Waals surface area (Å²) in [7, 11) is 1.59. The second kappa shape index (κ2) is 8.04. The molecule has 0 spiro atoms. The molecule has 148 valence electrons. The Bertz CT molecular complexity index is 1040. The van der Waals surface area contributed by atoms with Gasteiger partial charge in [0.1, 0.15) is 18.4 Å². The highest BCUT2D eigenvalue weighted by molar-refractivity contribution is 9.10. The van der Waals surface area contributed by atoms with E-state index in [9.17, 15) is 9.59 Å². The van der Waals surface area contributed by atoms with Crippen molar-refractivity contribution in [1.29, 1.82) is 0 Å². The first-order valence-electron chi connectivity index (χ1n) is 8.95. The summed E-state index contributed by atoms with van der Waals surface area (Å²) in [5, 5.41) is 7.06. The summed E-state index contributed by atoms with van der Waals surface area (Å²) in [6.45, 7) is 0.323. The number of hydrogen-bond donors (Lipinski definition) is 1. The van der Waals surface area contributed by atoms with Gasteiger partial charge in [0, 0.05) is 23.1 Å². The van der Waals surface area contributed by atoms with E-state index in [0.29, 0.717) is 23.7 Å². The zero-order chi connectivity index (χ0) is 20.4. The second-order valence-electron chi connectivity index (χ2n) is 6.59. The van der Waals surface area contributed by atoms with E-state index in [1.807, 2.05) is 24.3 Å². The van der Waals surface area contributed by atoms with E-state index in [1.54, 1.807) is 41.2 Å². The van der Waals surface area contributed by atoms with Crippen molar-refractivity contribution in [1.82, 2.24) is 14.8 Å². The van der Waals surface area contributed by atoms with Crippen molar-refractivity contribution in [2.45, 2.75) is 6.42 Å². The van der Waals surface area contributed by atoms with E-state index in [1.165, 1.54) is 6.33 Å². The quantitative estimate of drug-likeness (QED) is 0.638. The molecule has 0 aliphatic carbocycles. The van der Waals surface area contributed by atoms with Crippen LogP contribution in [0.1, 0.15) is 6.42 Å². The normalized spacial score (nSPS) is 16.1. The molecular weight excluding hydrogens is 438 g/mol. The van der Waals surface area contributed by atoms with Gasteiger partial charge in [-0.3, -0.25) is 9.59 Å². The Morgan fingerprint density at radius 3 is 2.72 bits per heavy atom. The van der Waals surface area contributed by atoms with Gasteiger partial charge in [-0.05, 0) is 42.5 Å². The molecule has 4 rings (SSSR count). The number of carbonyl (C=O) groups excluding carboxylic acids is 2. The van der Waals surface area contributed by atoms with Gasteiger partial charge in [0.15, 0.2) is 0 Å². The molecule has 1 fully saturated rings. The minimum Gasteiger partial charge on any atom is -0.497 e. The molecule has 2 amide bonds. The number of methoxy groups -OCH3 is 1. The number of benzene rings is 2. The van der Waals surface area contributed by atoms with Crippen LogP contribution in [0.5, 0.6) is 5.75 Å². The Morgan fingerprint density at radius 2 is 2.03 bits per heavy atom. The Morgan fingerprint density at radius 1 is 1.24 bits per heavy atom. The van der Waals surface area contributed by atoms with Crippen molar-refractivity contribution in [3.63, 3.8) is 0 Å². The molecule has 8 nitrogen and oxygen atoms in total. The topological polar surface area (TPSA) is 89.3 Å². The van der Waals surface area contributed by atoms with Gasteiger partial charge in [0.05, 0.1) is 24.4 Å². The van der Waals surface area contributed by atoms with E-state index >= 15 is 0 Å². The maximum Gasteiger partial charge on any atom is 0.229 e. The molecule has 1 aliphatic rings. The van der Waals surface area contributed by atoms with Gasteiger partial charge in [-0.1, -0.05) is 15.9 Å². The largest absolute Gasteiger partial charge is 0.497 e. The maximum atomic E-state index is 12.9. The third-order valence-corrected chi connectivity index (χ3v) is 5.26. The summed E-state index contributed by atoms with van der Waals surface area (Å²) < 4.78 is 7.55. The number of rotatable bonds is 5. The highest BCUT2D eigenvalue weighted by atomic mass is 79.9. The number of ether oxygens (including phenoxy) is 1. The minimum absolute atomic E-state index is 0.0824.